The summed E-state index contributed by atoms with van der Waals surface area (Å²) < 4.78 is 32.4. The maximum absolute atomic E-state index is 12.1. The minimum absolute atomic E-state index is 0.00634. The molecule has 0 amide bonds. The maximum atomic E-state index is 12.1. The smallest absolute Gasteiger partial charge is 0.273 e. The summed E-state index contributed by atoms with van der Waals surface area (Å²) in [4.78, 5) is 0. The fourth-order valence-corrected chi connectivity index (χ4v) is 3.31. The molecule has 1 aliphatic carbocycles. The van der Waals surface area contributed by atoms with Crippen molar-refractivity contribution in [3.8, 4) is 0 Å². The zero-order chi connectivity index (χ0) is 15.5. The van der Waals surface area contributed by atoms with E-state index in [2.05, 4.69) is 30.8 Å². The van der Waals surface area contributed by atoms with Gasteiger partial charge in [0.25, 0.3) is 10.0 Å². The number of nitrogens with one attached hydrogen (secondary N) is 2. The Bertz CT molecular complexity index is 547. The van der Waals surface area contributed by atoms with Gasteiger partial charge < -0.3 is 9.73 Å². The average Bonchev–Trinajstić information content (AvgIpc) is 3.15. The van der Waals surface area contributed by atoms with Gasteiger partial charge in [-0.1, -0.05) is 20.8 Å². The van der Waals surface area contributed by atoms with E-state index in [0.29, 0.717) is 36.6 Å². The minimum atomic E-state index is -3.53. The second kappa shape index (κ2) is 6.94. The van der Waals surface area contributed by atoms with Crippen LogP contribution >= 0.6 is 0 Å². The van der Waals surface area contributed by atoms with Crippen molar-refractivity contribution in [2.45, 2.75) is 45.2 Å². The Labute approximate surface area is 127 Å². The van der Waals surface area contributed by atoms with Crippen LogP contribution in [0.25, 0.3) is 0 Å². The van der Waals surface area contributed by atoms with Gasteiger partial charge in [-0.05, 0) is 49.3 Å². The lowest BCUT2D eigenvalue weighted by Gasteiger charge is -2.10. The second-order valence-electron chi connectivity index (χ2n) is 6.41. The summed E-state index contributed by atoms with van der Waals surface area (Å²) in [5.74, 6) is 2.27. The molecule has 2 N–H and O–H groups in total. The molecule has 1 fully saturated rings. The number of furan rings is 1. The van der Waals surface area contributed by atoms with Gasteiger partial charge in [0.05, 0.1) is 6.54 Å². The van der Waals surface area contributed by atoms with Gasteiger partial charge in [-0.2, -0.15) is 0 Å². The highest BCUT2D eigenvalue weighted by Crippen LogP contribution is 2.36. The fourth-order valence-electron chi connectivity index (χ4n) is 2.23. The summed E-state index contributed by atoms with van der Waals surface area (Å²) in [5, 5.41) is 3.24. The van der Waals surface area contributed by atoms with Crippen LogP contribution < -0.4 is 10.0 Å². The highest BCUT2D eigenvalue weighted by molar-refractivity contribution is 7.89. The molecule has 1 unspecified atom stereocenters. The van der Waals surface area contributed by atoms with Crippen LogP contribution in [0.3, 0.4) is 0 Å². The minimum Gasteiger partial charge on any atom is -0.447 e. The van der Waals surface area contributed by atoms with E-state index in [9.17, 15) is 8.42 Å². The summed E-state index contributed by atoms with van der Waals surface area (Å²) in [6, 6.07) is 3.24. The molecular weight excluding hydrogens is 288 g/mol. The normalized spacial score (nSPS) is 17.3. The topological polar surface area (TPSA) is 71.3 Å². The Hall–Kier alpha value is -0.850. The molecule has 0 radical (unpaired) electrons. The monoisotopic (exact) mass is 314 g/mol. The molecular formula is C15H26N2O3S. The second-order valence-corrected chi connectivity index (χ2v) is 8.11. The molecule has 5 nitrogen and oxygen atoms in total. The SMILES string of the molecule is CC(C)CNCc1ccc(S(=O)(=O)NCC(C)C2CC2)o1. The average molecular weight is 314 g/mol. The van der Waals surface area contributed by atoms with E-state index in [1.54, 1.807) is 6.07 Å². The van der Waals surface area contributed by atoms with Gasteiger partial charge >= 0.3 is 0 Å². The number of rotatable bonds is 9. The Morgan fingerprint density at radius 3 is 2.57 bits per heavy atom. The van der Waals surface area contributed by atoms with Crippen LogP contribution in [0.5, 0.6) is 0 Å². The lowest BCUT2D eigenvalue weighted by molar-refractivity contribution is 0.392. The summed E-state index contributed by atoms with van der Waals surface area (Å²) >= 11 is 0. The van der Waals surface area contributed by atoms with Crippen molar-refractivity contribution in [1.29, 1.82) is 0 Å². The first kappa shape index (κ1) is 16.5. The molecule has 0 spiro atoms. The predicted octanol–water partition coefficient (Wildman–Crippen LogP) is 2.35. The van der Waals surface area contributed by atoms with E-state index in [1.807, 2.05) is 0 Å². The van der Waals surface area contributed by atoms with Crippen LogP contribution in [-0.4, -0.2) is 21.5 Å². The van der Waals surface area contributed by atoms with Crippen LogP contribution in [0.15, 0.2) is 21.6 Å². The van der Waals surface area contributed by atoms with Crippen LogP contribution in [0, 0.1) is 17.8 Å². The van der Waals surface area contributed by atoms with Crippen LogP contribution in [0.4, 0.5) is 0 Å². The van der Waals surface area contributed by atoms with E-state index >= 15 is 0 Å². The standard InChI is InChI=1S/C15H26N2O3S/c1-11(2)8-16-10-14-6-7-15(20-14)21(18,19)17-9-12(3)13-4-5-13/h6-7,11-13,16-17H,4-5,8-10H2,1-3H3. The van der Waals surface area contributed by atoms with E-state index in [1.165, 1.54) is 18.9 Å². The van der Waals surface area contributed by atoms with Crippen molar-refractivity contribution < 1.29 is 12.8 Å². The van der Waals surface area contributed by atoms with E-state index in [-0.39, 0.29) is 5.09 Å². The summed E-state index contributed by atoms with van der Waals surface area (Å²) in [5.41, 5.74) is 0. The fraction of sp³-hybridized carbons (Fsp3) is 0.733. The van der Waals surface area contributed by atoms with E-state index in [0.717, 1.165) is 6.54 Å². The van der Waals surface area contributed by atoms with Crippen molar-refractivity contribution in [2.75, 3.05) is 13.1 Å². The Morgan fingerprint density at radius 1 is 1.24 bits per heavy atom. The molecule has 0 saturated heterocycles. The Kier molecular flexibility index (Phi) is 5.46. The number of hydrogen-bond acceptors (Lipinski definition) is 4. The summed E-state index contributed by atoms with van der Waals surface area (Å²) in [6.45, 7) is 8.23. The zero-order valence-corrected chi connectivity index (χ0v) is 13.9. The molecule has 1 atom stereocenters. The molecule has 0 aliphatic heterocycles. The molecule has 0 aromatic carbocycles. The van der Waals surface area contributed by atoms with Crippen LogP contribution in [0.2, 0.25) is 0 Å². The Balaban J connectivity index is 1.86. The highest BCUT2D eigenvalue weighted by Gasteiger charge is 2.29. The molecule has 0 bridgehead atoms. The van der Waals surface area contributed by atoms with Crippen LogP contribution in [-0.2, 0) is 16.6 Å². The summed E-state index contributed by atoms with van der Waals surface area (Å²) in [6.07, 6.45) is 2.44. The van der Waals surface area contributed by atoms with Crippen molar-refractivity contribution in [1.82, 2.24) is 10.0 Å². The molecule has 6 heteroatoms. The molecule has 120 valence electrons. The van der Waals surface area contributed by atoms with Crippen molar-refractivity contribution in [2.24, 2.45) is 17.8 Å². The third kappa shape index (κ3) is 5.13. The lowest BCUT2D eigenvalue weighted by atomic mass is 10.1. The molecule has 1 aliphatic rings. The number of hydrogen-bond donors (Lipinski definition) is 2. The lowest BCUT2D eigenvalue weighted by Crippen LogP contribution is -2.28. The summed E-state index contributed by atoms with van der Waals surface area (Å²) in [7, 11) is -3.53. The third-order valence-corrected chi connectivity index (χ3v) is 5.07. The zero-order valence-electron chi connectivity index (χ0n) is 13.1. The molecule has 1 aromatic heterocycles. The first-order valence-corrected chi connectivity index (χ1v) is 9.16. The van der Waals surface area contributed by atoms with Gasteiger partial charge in [-0.25, -0.2) is 13.1 Å². The molecule has 2 rings (SSSR count). The Morgan fingerprint density at radius 2 is 1.95 bits per heavy atom. The molecule has 1 heterocycles. The first-order valence-electron chi connectivity index (χ1n) is 7.67. The maximum Gasteiger partial charge on any atom is 0.273 e. The van der Waals surface area contributed by atoms with Gasteiger partial charge in [0.1, 0.15) is 5.76 Å². The van der Waals surface area contributed by atoms with E-state index < -0.39 is 10.0 Å². The predicted molar refractivity (Wildman–Crippen MR) is 82.3 cm³/mol. The van der Waals surface area contributed by atoms with Gasteiger partial charge in [0.2, 0.25) is 5.09 Å². The van der Waals surface area contributed by atoms with Gasteiger partial charge in [0, 0.05) is 6.54 Å². The van der Waals surface area contributed by atoms with Crippen LogP contribution in [0.1, 0.15) is 39.4 Å². The molecule has 1 aromatic rings. The third-order valence-electron chi connectivity index (χ3n) is 3.78. The molecule has 1 saturated carbocycles. The molecule has 21 heavy (non-hydrogen) atoms. The van der Waals surface area contributed by atoms with Gasteiger partial charge in [-0.3, -0.25) is 0 Å². The van der Waals surface area contributed by atoms with Gasteiger partial charge in [0.15, 0.2) is 0 Å². The van der Waals surface area contributed by atoms with E-state index in [4.69, 9.17) is 4.42 Å². The van der Waals surface area contributed by atoms with Crippen molar-refractivity contribution in [3.63, 3.8) is 0 Å². The largest absolute Gasteiger partial charge is 0.447 e. The van der Waals surface area contributed by atoms with Crippen molar-refractivity contribution >= 4 is 10.0 Å². The van der Waals surface area contributed by atoms with Gasteiger partial charge in [-0.15, -0.1) is 0 Å². The quantitative estimate of drug-likeness (QED) is 0.734. The number of sulfonamides is 1. The van der Waals surface area contributed by atoms with Crippen molar-refractivity contribution in [3.05, 3.63) is 17.9 Å². The highest BCUT2D eigenvalue weighted by atomic mass is 32.2. The first-order chi connectivity index (χ1) is 9.88.